The van der Waals surface area contributed by atoms with Gasteiger partial charge in [-0.05, 0) is 42.7 Å². The van der Waals surface area contributed by atoms with E-state index in [0.717, 1.165) is 43.0 Å². The van der Waals surface area contributed by atoms with E-state index in [-0.39, 0.29) is 11.9 Å². The van der Waals surface area contributed by atoms with Crippen LogP contribution >= 0.6 is 11.6 Å². The Bertz CT molecular complexity index is 930. The Morgan fingerprint density at radius 3 is 2.85 bits per heavy atom. The summed E-state index contributed by atoms with van der Waals surface area (Å²) in [5.41, 5.74) is 2.68. The van der Waals surface area contributed by atoms with Crippen molar-refractivity contribution in [2.75, 3.05) is 18.0 Å². The molecule has 2 N–H and O–H groups in total. The van der Waals surface area contributed by atoms with E-state index >= 15 is 0 Å². The number of carbonyl (C=O) groups excluding carboxylic acids is 1. The molecule has 0 bridgehead atoms. The molecule has 1 saturated heterocycles. The van der Waals surface area contributed by atoms with Crippen LogP contribution < -0.4 is 10.2 Å². The Labute approximate surface area is 163 Å². The fourth-order valence-corrected chi connectivity index (χ4v) is 3.64. The number of H-pyrrole nitrogens is 1. The highest BCUT2D eigenvalue weighted by Gasteiger charge is 2.24. The lowest BCUT2D eigenvalue weighted by Crippen LogP contribution is -2.48. The van der Waals surface area contributed by atoms with Crippen molar-refractivity contribution in [3.8, 4) is 11.3 Å². The molecule has 0 aliphatic carbocycles. The zero-order valence-electron chi connectivity index (χ0n) is 15.2. The van der Waals surface area contributed by atoms with Crippen molar-refractivity contribution in [2.24, 2.45) is 7.05 Å². The lowest BCUT2D eigenvalue weighted by molar-refractivity contribution is 0.0925. The number of halogens is 1. The Balaban J connectivity index is 1.43. The van der Waals surface area contributed by atoms with Gasteiger partial charge in [0.15, 0.2) is 5.82 Å². The number of hydrogen-bond donors (Lipinski definition) is 2. The monoisotopic (exact) mass is 383 g/mol. The molecule has 4 rings (SSSR count). The van der Waals surface area contributed by atoms with Gasteiger partial charge in [-0.15, -0.1) is 0 Å². The van der Waals surface area contributed by atoms with Crippen LogP contribution in [0.4, 0.5) is 5.82 Å². The maximum absolute atomic E-state index is 12.5. The van der Waals surface area contributed by atoms with Crippen LogP contribution in [0, 0.1) is 0 Å². The van der Waals surface area contributed by atoms with Gasteiger partial charge in [0.25, 0.3) is 5.91 Å². The van der Waals surface area contributed by atoms with Crippen molar-refractivity contribution >= 4 is 23.3 Å². The molecule has 6 nitrogen and oxygen atoms in total. The molecule has 1 amide bonds. The quantitative estimate of drug-likeness (QED) is 0.725. The van der Waals surface area contributed by atoms with E-state index in [2.05, 4.69) is 20.4 Å². The molecule has 140 valence electrons. The number of piperidine rings is 1. The third kappa shape index (κ3) is 3.85. The molecular weight excluding hydrogens is 362 g/mol. The number of anilines is 1. The predicted octanol–water partition coefficient (Wildman–Crippen LogP) is 3.47. The summed E-state index contributed by atoms with van der Waals surface area (Å²) in [4.78, 5) is 14.7. The fraction of sp³-hybridized carbons (Fsp3) is 0.300. The molecule has 1 fully saturated rings. The summed E-state index contributed by atoms with van der Waals surface area (Å²) in [6.07, 6.45) is 3.87. The molecule has 7 heteroatoms. The number of nitrogens with one attached hydrogen (secondary N) is 2. The molecule has 27 heavy (non-hydrogen) atoms. The second-order valence-corrected chi connectivity index (χ2v) is 7.35. The van der Waals surface area contributed by atoms with E-state index in [1.165, 1.54) is 0 Å². The number of rotatable bonds is 4. The number of amides is 1. The topological polar surface area (TPSA) is 66.0 Å². The zero-order chi connectivity index (χ0) is 18.8. The van der Waals surface area contributed by atoms with Gasteiger partial charge >= 0.3 is 0 Å². The average Bonchev–Trinajstić information content (AvgIpc) is 3.32. The number of aryl methyl sites for hydroxylation is 1. The highest BCUT2D eigenvalue weighted by molar-refractivity contribution is 6.30. The second-order valence-electron chi connectivity index (χ2n) is 6.91. The molecule has 1 aliphatic rings. The third-order valence-corrected chi connectivity index (χ3v) is 5.23. The van der Waals surface area contributed by atoms with Gasteiger partial charge < -0.3 is 14.8 Å². The maximum atomic E-state index is 12.5. The van der Waals surface area contributed by atoms with Crippen LogP contribution in [0.15, 0.2) is 48.7 Å². The second kappa shape index (κ2) is 7.48. The van der Waals surface area contributed by atoms with Gasteiger partial charge in [-0.25, -0.2) is 0 Å². The summed E-state index contributed by atoms with van der Waals surface area (Å²) in [5.74, 6) is 0.871. The maximum Gasteiger partial charge on any atom is 0.268 e. The van der Waals surface area contributed by atoms with Crippen LogP contribution in [0.3, 0.4) is 0 Å². The summed E-state index contributed by atoms with van der Waals surface area (Å²) in [5, 5.41) is 11.4. The van der Waals surface area contributed by atoms with Gasteiger partial charge in [0.2, 0.25) is 0 Å². The number of nitrogens with zero attached hydrogens (tertiary/aromatic N) is 3. The SMILES string of the molecule is Cn1cccc1C(=O)N[C@@H]1CCCN(c2cc(-c3ccc(Cl)cc3)[nH]n2)C1. The van der Waals surface area contributed by atoms with Crippen molar-refractivity contribution < 1.29 is 4.79 Å². The summed E-state index contributed by atoms with van der Waals surface area (Å²) in [6.45, 7) is 1.68. The number of carbonyl (C=O) groups is 1. The van der Waals surface area contributed by atoms with E-state index < -0.39 is 0 Å². The largest absolute Gasteiger partial charge is 0.353 e. The van der Waals surface area contributed by atoms with E-state index in [4.69, 9.17) is 11.6 Å². The molecule has 1 aromatic carbocycles. The molecule has 0 unspecified atom stereocenters. The molecule has 0 radical (unpaired) electrons. The predicted molar refractivity (Wildman–Crippen MR) is 107 cm³/mol. The highest BCUT2D eigenvalue weighted by atomic mass is 35.5. The Morgan fingerprint density at radius 2 is 2.11 bits per heavy atom. The van der Waals surface area contributed by atoms with Crippen LogP contribution in [-0.4, -0.2) is 39.8 Å². The Kier molecular flexibility index (Phi) is 4.90. The minimum absolute atomic E-state index is 0.0294. The molecule has 3 aromatic rings. The van der Waals surface area contributed by atoms with Gasteiger partial charge in [-0.1, -0.05) is 23.7 Å². The van der Waals surface area contributed by atoms with Crippen LogP contribution in [0.2, 0.25) is 5.02 Å². The van der Waals surface area contributed by atoms with Gasteiger partial charge in [-0.2, -0.15) is 5.10 Å². The number of aromatic amines is 1. The van der Waals surface area contributed by atoms with Crippen LogP contribution in [0.5, 0.6) is 0 Å². The minimum Gasteiger partial charge on any atom is -0.353 e. The smallest absolute Gasteiger partial charge is 0.268 e. The van der Waals surface area contributed by atoms with Crippen LogP contribution in [0.25, 0.3) is 11.3 Å². The average molecular weight is 384 g/mol. The van der Waals surface area contributed by atoms with E-state index in [1.54, 1.807) is 0 Å². The number of benzene rings is 1. The number of aromatic nitrogens is 3. The number of hydrogen-bond acceptors (Lipinski definition) is 3. The fourth-order valence-electron chi connectivity index (χ4n) is 3.51. The van der Waals surface area contributed by atoms with E-state index in [1.807, 2.05) is 60.3 Å². The summed E-state index contributed by atoms with van der Waals surface area (Å²) < 4.78 is 1.84. The highest BCUT2D eigenvalue weighted by Crippen LogP contribution is 2.25. The van der Waals surface area contributed by atoms with Crippen LogP contribution in [-0.2, 0) is 7.05 Å². The summed E-state index contributed by atoms with van der Waals surface area (Å²) in [7, 11) is 1.88. The molecule has 0 spiro atoms. The first-order chi connectivity index (χ1) is 13.1. The molecule has 1 atom stereocenters. The van der Waals surface area contributed by atoms with Crippen molar-refractivity contribution in [1.29, 1.82) is 0 Å². The summed E-state index contributed by atoms with van der Waals surface area (Å²) in [6, 6.07) is 13.5. The van der Waals surface area contributed by atoms with Crippen molar-refractivity contribution in [2.45, 2.75) is 18.9 Å². The van der Waals surface area contributed by atoms with Gasteiger partial charge in [0, 0.05) is 43.5 Å². The first kappa shape index (κ1) is 17.7. The molecule has 2 aromatic heterocycles. The lowest BCUT2D eigenvalue weighted by atomic mass is 10.1. The standard InChI is InChI=1S/C20H22ClN5O/c1-25-10-3-5-18(25)20(27)22-16-4-2-11-26(13-16)19-12-17(23-24-19)14-6-8-15(21)9-7-14/h3,5-10,12,16H,2,4,11,13H2,1H3,(H,22,27)(H,23,24)/t16-/m1/s1. The Morgan fingerprint density at radius 1 is 1.30 bits per heavy atom. The lowest BCUT2D eigenvalue weighted by Gasteiger charge is -2.33. The van der Waals surface area contributed by atoms with E-state index in [9.17, 15) is 4.79 Å². The summed E-state index contributed by atoms with van der Waals surface area (Å²) >= 11 is 5.96. The molecular formula is C20H22ClN5O. The third-order valence-electron chi connectivity index (χ3n) is 4.98. The van der Waals surface area contributed by atoms with Gasteiger partial charge in [0.1, 0.15) is 5.69 Å². The zero-order valence-corrected chi connectivity index (χ0v) is 15.9. The molecule has 0 saturated carbocycles. The molecule has 1 aliphatic heterocycles. The first-order valence-electron chi connectivity index (χ1n) is 9.08. The normalized spacial score (nSPS) is 17.1. The molecule has 3 heterocycles. The van der Waals surface area contributed by atoms with Crippen molar-refractivity contribution in [1.82, 2.24) is 20.1 Å². The van der Waals surface area contributed by atoms with Gasteiger partial charge in [-0.3, -0.25) is 9.89 Å². The van der Waals surface area contributed by atoms with Crippen LogP contribution in [0.1, 0.15) is 23.3 Å². The van der Waals surface area contributed by atoms with E-state index in [0.29, 0.717) is 10.7 Å². The minimum atomic E-state index is -0.0294. The Hall–Kier alpha value is -2.73. The van der Waals surface area contributed by atoms with Gasteiger partial charge in [0.05, 0.1) is 5.69 Å². The van der Waals surface area contributed by atoms with Crippen molar-refractivity contribution in [3.63, 3.8) is 0 Å². The van der Waals surface area contributed by atoms with Crippen molar-refractivity contribution in [3.05, 3.63) is 59.4 Å². The first-order valence-corrected chi connectivity index (χ1v) is 9.46.